The van der Waals surface area contributed by atoms with Crippen LogP contribution in [-0.2, 0) is 16.1 Å². The Labute approximate surface area is 103 Å². The molecule has 94 valence electrons. The summed E-state index contributed by atoms with van der Waals surface area (Å²) in [6.45, 7) is 2.17. The van der Waals surface area contributed by atoms with Gasteiger partial charge in [0.25, 0.3) is 0 Å². The van der Waals surface area contributed by atoms with Crippen LogP contribution < -0.4 is 16.8 Å². The summed E-state index contributed by atoms with van der Waals surface area (Å²) in [5.41, 5.74) is 11.2. The maximum absolute atomic E-state index is 11.1. The fraction of sp³-hybridized carbons (Fsp3) is 0.444. The molecule has 7 nitrogen and oxygen atoms in total. The van der Waals surface area contributed by atoms with Crippen LogP contribution in [0.1, 0.15) is 12.6 Å². The molecule has 1 rings (SSSR count). The van der Waals surface area contributed by atoms with E-state index in [2.05, 4.69) is 20.0 Å². The Balaban J connectivity index is 2.50. The number of methoxy groups -OCH3 is 1. The predicted octanol–water partition coefficient (Wildman–Crippen LogP) is -0.301. The summed E-state index contributed by atoms with van der Waals surface area (Å²) >= 11 is 1.33. The van der Waals surface area contributed by atoms with Crippen LogP contribution in [-0.4, -0.2) is 30.1 Å². The van der Waals surface area contributed by atoms with Crippen molar-refractivity contribution in [3.05, 3.63) is 11.1 Å². The number of ether oxygens (including phenoxy) is 1. The van der Waals surface area contributed by atoms with E-state index in [4.69, 9.17) is 11.5 Å². The highest BCUT2D eigenvalue weighted by molar-refractivity contribution is 7.13. The second kappa shape index (κ2) is 6.16. The highest BCUT2D eigenvalue weighted by atomic mass is 32.1. The number of nitrogens with two attached hydrogens (primary N) is 2. The number of nitrogens with zero attached hydrogens (tertiary/aromatic N) is 2. The second-order valence-electron chi connectivity index (χ2n) is 3.28. The van der Waals surface area contributed by atoms with Crippen molar-refractivity contribution in [2.75, 3.05) is 7.11 Å². The summed E-state index contributed by atoms with van der Waals surface area (Å²) in [4.78, 5) is 19.1. The predicted molar refractivity (Wildman–Crippen MR) is 65.9 cm³/mol. The van der Waals surface area contributed by atoms with Gasteiger partial charge < -0.3 is 16.2 Å². The molecule has 1 aromatic rings. The van der Waals surface area contributed by atoms with Gasteiger partial charge in [0.15, 0.2) is 5.96 Å². The minimum Gasteiger partial charge on any atom is -0.468 e. The van der Waals surface area contributed by atoms with Gasteiger partial charge in [-0.25, -0.2) is 4.98 Å². The van der Waals surface area contributed by atoms with Crippen molar-refractivity contribution in [2.45, 2.75) is 19.5 Å². The number of thiazole rings is 1. The van der Waals surface area contributed by atoms with Gasteiger partial charge in [-0.2, -0.15) is 4.99 Å². The number of guanidine groups is 1. The Morgan fingerprint density at radius 1 is 1.71 bits per heavy atom. The number of nitrogens with one attached hydrogen (secondary N) is 1. The normalized spacial score (nSPS) is 11.9. The zero-order valence-electron chi connectivity index (χ0n) is 9.64. The lowest BCUT2D eigenvalue weighted by atomic mass is 10.3. The molecule has 0 spiro atoms. The van der Waals surface area contributed by atoms with E-state index in [-0.39, 0.29) is 18.0 Å². The van der Waals surface area contributed by atoms with Crippen LogP contribution in [0.5, 0.6) is 0 Å². The highest BCUT2D eigenvalue weighted by Gasteiger charge is 2.12. The molecule has 0 aliphatic heterocycles. The van der Waals surface area contributed by atoms with E-state index in [1.165, 1.54) is 18.4 Å². The molecule has 5 N–H and O–H groups in total. The number of aromatic nitrogens is 1. The van der Waals surface area contributed by atoms with Gasteiger partial charge in [0.05, 0.1) is 12.8 Å². The van der Waals surface area contributed by atoms with Gasteiger partial charge in [0.2, 0.25) is 5.13 Å². The van der Waals surface area contributed by atoms with E-state index >= 15 is 0 Å². The first-order valence-corrected chi connectivity index (χ1v) is 5.76. The second-order valence-corrected chi connectivity index (χ2v) is 4.12. The average molecular weight is 257 g/mol. The van der Waals surface area contributed by atoms with Crippen LogP contribution in [0, 0.1) is 0 Å². The summed E-state index contributed by atoms with van der Waals surface area (Å²) in [5.74, 6) is -0.341. The summed E-state index contributed by atoms with van der Waals surface area (Å²) in [6, 6.07) is -0.381. The zero-order valence-corrected chi connectivity index (χ0v) is 10.5. The van der Waals surface area contributed by atoms with E-state index in [0.29, 0.717) is 11.7 Å². The van der Waals surface area contributed by atoms with Crippen LogP contribution in [0.3, 0.4) is 0 Å². The van der Waals surface area contributed by atoms with Gasteiger partial charge in [-0.3, -0.25) is 10.1 Å². The monoisotopic (exact) mass is 257 g/mol. The van der Waals surface area contributed by atoms with E-state index in [1.54, 1.807) is 6.92 Å². The van der Waals surface area contributed by atoms with Crippen LogP contribution in [0.4, 0.5) is 5.13 Å². The lowest BCUT2D eigenvalue weighted by molar-refractivity contribution is -0.142. The van der Waals surface area contributed by atoms with Crippen molar-refractivity contribution in [1.29, 1.82) is 0 Å². The summed E-state index contributed by atoms with van der Waals surface area (Å²) in [6.07, 6.45) is 0. The fourth-order valence-electron chi connectivity index (χ4n) is 1.06. The summed E-state index contributed by atoms with van der Waals surface area (Å²) in [5, 5.41) is 5.29. The van der Waals surface area contributed by atoms with Gasteiger partial charge in [-0.15, -0.1) is 11.3 Å². The number of carbonyl (C=O) groups excluding carboxylic acids is 1. The van der Waals surface area contributed by atoms with Crippen LogP contribution in [0.2, 0.25) is 0 Å². The Bertz CT molecular complexity index is 413. The van der Waals surface area contributed by atoms with E-state index in [0.717, 1.165) is 5.69 Å². The number of rotatable bonds is 5. The topological polar surface area (TPSA) is 116 Å². The number of hydrogen-bond donors (Lipinski definition) is 3. The number of carbonyl (C=O) groups is 1. The Morgan fingerprint density at radius 2 is 2.41 bits per heavy atom. The van der Waals surface area contributed by atoms with Crippen molar-refractivity contribution in [3.8, 4) is 0 Å². The first-order chi connectivity index (χ1) is 8.02. The molecular formula is C9H15N5O2S. The van der Waals surface area contributed by atoms with Crippen molar-refractivity contribution in [2.24, 2.45) is 16.5 Å². The molecule has 1 atom stereocenters. The Hall–Kier alpha value is -1.67. The molecule has 8 heteroatoms. The van der Waals surface area contributed by atoms with Crippen molar-refractivity contribution in [1.82, 2.24) is 10.3 Å². The zero-order chi connectivity index (χ0) is 12.8. The van der Waals surface area contributed by atoms with Crippen LogP contribution in [0.25, 0.3) is 0 Å². The minimum atomic E-state index is -0.381. The Kier molecular flexibility index (Phi) is 4.85. The average Bonchev–Trinajstić information content (AvgIpc) is 2.71. The lowest BCUT2D eigenvalue weighted by Gasteiger charge is -2.09. The maximum atomic E-state index is 11.1. The standard InChI is InChI=1S/C9H15N5O2S/c1-5(7(15)16-2)12-3-6-4-17-9(13-6)14-8(10)11/h4-5,12H,3H2,1-2H3,(H4,10,11,13,14)/t5-/m0/s1. The van der Waals surface area contributed by atoms with Gasteiger partial charge >= 0.3 is 5.97 Å². The molecule has 0 aromatic carbocycles. The third-order valence-corrected chi connectivity index (χ3v) is 2.69. The SMILES string of the molecule is COC(=O)[C@H](C)NCc1csc(N=C(N)N)n1. The van der Waals surface area contributed by atoms with Crippen molar-refractivity contribution in [3.63, 3.8) is 0 Å². The molecule has 1 heterocycles. The summed E-state index contributed by atoms with van der Waals surface area (Å²) in [7, 11) is 1.35. The van der Waals surface area contributed by atoms with Gasteiger partial charge in [0, 0.05) is 11.9 Å². The van der Waals surface area contributed by atoms with Gasteiger partial charge in [-0.1, -0.05) is 0 Å². The van der Waals surface area contributed by atoms with E-state index < -0.39 is 0 Å². The minimum absolute atomic E-state index is 0.0261. The largest absolute Gasteiger partial charge is 0.468 e. The molecule has 17 heavy (non-hydrogen) atoms. The smallest absolute Gasteiger partial charge is 0.322 e. The fourth-order valence-corrected chi connectivity index (χ4v) is 1.76. The quantitative estimate of drug-likeness (QED) is 0.379. The molecule has 0 unspecified atom stereocenters. The van der Waals surface area contributed by atoms with Crippen molar-refractivity contribution < 1.29 is 9.53 Å². The summed E-state index contributed by atoms with van der Waals surface area (Å²) < 4.78 is 4.58. The van der Waals surface area contributed by atoms with E-state index in [1.807, 2.05) is 5.38 Å². The molecule has 0 aliphatic rings. The van der Waals surface area contributed by atoms with Crippen LogP contribution >= 0.6 is 11.3 Å². The maximum Gasteiger partial charge on any atom is 0.322 e. The molecule has 0 fully saturated rings. The molecule has 0 radical (unpaired) electrons. The molecule has 0 saturated carbocycles. The first-order valence-electron chi connectivity index (χ1n) is 4.88. The van der Waals surface area contributed by atoms with E-state index in [9.17, 15) is 4.79 Å². The van der Waals surface area contributed by atoms with Gasteiger partial charge in [-0.05, 0) is 6.92 Å². The number of aliphatic imine (C=N–C) groups is 1. The number of hydrogen-bond acceptors (Lipinski definition) is 6. The third-order valence-electron chi connectivity index (χ3n) is 1.91. The Morgan fingerprint density at radius 3 is 3.00 bits per heavy atom. The molecule has 1 aromatic heterocycles. The first kappa shape index (κ1) is 13.4. The molecular weight excluding hydrogens is 242 g/mol. The van der Waals surface area contributed by atoms with Crippen molar-refractivity contribution >= 4 is 28.4 Å². The number of esters is 1. The lowest BCUT2D eigenvalue weighted by Crippen LogP contribution is -2.34. The molecule has 0 bridgehead atoms. The molecule has 0 saturated heterocycles. The molecule has 0 amide bonds. The van der Waals surface area contributed by atoms with Crippen LogP contribution in [0.15, 0.2) is 10.4 Å². The highest BCUT2D eigenvalue weighted by Crippen LogP contribution is 2.18. The molecule has 0 aliphatic carbocycles. The van der Waals surface area contributed by atoms with Gasteiger partial charge in [0.1, 0.15) is 6.04 Å². The third kappa shape index (κ3) is 4.37.